The van der Waals surface area contributed by atoms with E-state index in [0.29, 0.717) is 5.56 Å². The molecule has 0 radical (unpaired) electrons. The number of amides is 1. The Morgan fingerprint density at radius 3 is 2.45 bits per heavy atom. The van der Waals surface area contributed by atoms with Crippen LogP contribution < -0.4 is 5.32 Å². The molecule has 1 aliphatic heterocycles. The lowest BCUT2D eigenvalue weighted by molar-refractivity contribution is -0.139. The van der Waals surface area contributed by atoms with E-state index in [9.17, 15) is 28.8 Å². The first-order valence-corrected chi connectivity index (χ1v) is 10.5. The Morgan fingerprint density at radius 1 is 1.26 bits per heavy atom. The number of aromatic nitrogens is 1. The van der Waals surface area contributed by atoms with Crippen LogP contribution in [0.4, 0.5) is 0 Å². The number of aliphatic carboxylic acids is 2. The van der Waals surface area contributed by atoms with E-state index < -0.39 is 50.5 Å². The van der Waals surface area contributed by atoms with E-state index in [2.05, 4.69) is 15.5 Å². The first-order chi connectivity index (χ1) is 14.5. The van der Waals surface area contributed by atoms with Gasteiger partial charge in [-0.2, -0.15) is 0 Å². The van der Waals surface area contributed by atoms with Crippen LogP contribution in [0.25, 0.3) is 11.3 Å². The third-order valence-electron chi connectivity index (χ3n) is 4.79. The zero-order valence-corrected chi connectivity index (χ0v) is 18.2. The smallest absolute Gasteiger partial charge is 0.333 e. The highest BCUT2D eigenvalue weighted by molar-refractivity contribution is 8.02. The van der Waals surface area contributed by atoms with Crippen molar-refractivity contribution in [3.05, 3.63) is 40.5 Å². The summed E-state index contributed by atoms with van der Waals surface area (Å²) in [5.74, 6) is -3.74. The van der Waals surface area contributed by atoms with E-state index in [4.69, 9.17) is 16.1 Å². The number of rotatable bonds is 6. The number of carbonyl (C=O) groups excluding carboxylic acids is 1. The van der Waals surface area contributed by atoms with Gasteiger partial charge in [0.05, 0.1) is 26.3 Å². The molecule has 0 fully saturated rings. The van der Waals surface area contributed by atoms with Gasteiger partial charge in [0.2, 0.25) is 0 Å². The zero-order valence-electron chi connectivity index (χ0n) is 16.6. The molecular formula is C19H18ClN3O7S. The summed E-state index contributed by atoms with van der Waals surface area (Å²) < 4.78 is 16.7. The SMILES string of the molecule is Cc1noc(-c2ccccc2Cl)c1C(=O)NC(C(=O)O)C1=NC(C(=O)O)C(C)(C)S1=O. The Hall–Kier alpha value is -3.05. The second-order valence-corrected chi connectivity index (χ2v) is 9.69. The van der Waals surface area contributed by atoms with Gasteiger partial charge in [-0.15, -0.1) is 0 Å². The van der Waals surface area contributed by atoms with Crippen molar-refractivity contribution in [3.63, 3.8) is 0 Å². The number of nitrogens with zero attached hydrogens (tertiary/aromatic N) is 2. The van der Waals surface area contributed by atoms with Gasteiger partial charge in [-0.3, -0.25) is 14.0 Å². The summed E-state index contributed by atoms with van der Waals surface area (Å²) in [6, 6.07) is 3.31. The highest BCUT2D eigenvalue weighted by atomic mass is 35.5. The fourth-order valence-electron chi connectivity index (χ4n) is 3.13. The van der Waals surface area contributed by atoms with Crippen molar-refractivity contribution in [3.8, 4) is 11.3 Å². The van der Waals surface area contributed by atoms with Gasteiger partial charge in [0.25, 0.3) is 5.91 Å². The van der Waals surface area contributed by atoms with Crippen LogP contribution in [0, 0.1) is 6.92 Å². The standard InChI is InChI=1S/C19H18ClN3O7S/c1-8-11(13(30-23-8)9-6-4-5-7-10(9)20)15(24)21-12(17(25)26)16-22-14(18(27)28)19(2,3)31(16)29/h4-7,12,14H,1-3H3,(H,21,24)(H,25,26)(H,27,28). The molecule has 3 unspecified atom stereocenters. The van der Waals surface area contributed by atoms with Gasteiger partial charge in [-0.1, -0.05) is 28.9 Å². The van der Waals surface area contributed by atoms with Gasteiger partial charge in [-0.25, -0.2) is 9.59 Å². The van der Waals surface area contributed by atoms with E-state index in [-0.39, 0.29) is 22.0 Å². The van der Waals surface area contributed by atoms with Crippen molar-refractivity contribution in [2.75, 3.05) is 0 Å². The Morgan fingerprint density at radius 2 is 1.90 bits per heavy atom. The average molecular weight is 468 g/mol. The largest absolute Gasteiger partial charge is 0.480 e. The van der Waals surface area contributed by atoms with Crippen molar-refractivity contribution in [2.24, 2.45) is 4.99 Å². The summed E-state index contributed by atoms with van der Waals surface area (Å²) in [5, 5.41) is 24.9. The number of nitrogens with one attached hydrogen (secondary N) is 1. The van der Waals surface area contributed by atoms with Crippen LogP contribution in [0.15, 0.2) is 33.8 Å². The van der Waals surface area contributed by atoms with E-state index >= 15 is 0 Å². The summed E-state index contributed by atoms with van der Waals surface area (Å²) in [7, 11) is -2.07. The molecule has 164 valence electrons. The molecule has 0 spiro atoms. The first-order valence-electron chi connectivity index (χ1n) is 8.94. The fraction of sp³-hybridized carbons (Fsp3) is 0.316. The van der Waals surface area contributed by atoms with E-state index in [1.54, 1.807) is 24.3 Å². The predicted molar refractivity (Wildman–Crippen MR) is 112 cm³/mol. The van der Waals surface area contributed by atoms with Gasteiger partial charge >= 0.3 is 11.9 Å². The van der Waals surface area contributed by atoms with Crippen LogP contribution in [-0.2, 0) is 20.4 Å². The number of aliphatic imine (C=N–C) groups is 1. The summed E-state index contributed by atoms with van der Waals surface area (Å²) >= 11 is 6.17. The molecule has 12 heteroatoms. The highest BCUT2D eigenvalue weighted by Crippen LogP contribution is 2.33. The molecule has 0 bridgehead atoms. The summed E-state index contributed by atoms with van der Waals surface area (Å²) in [4.78, 5) is 40.2. The van der Waals surface area contributed by atoms with Crippen molar-refractivity contribution in [2.45, 2.75) is 37.6 Å². The van der Waals surface area contributed by atoms with Crippen LogP contribution in [0.3, 0.4) is 0 Å². The Labute approximate surface area is 183 Å². The van der Waals surface area contributed by atoms with Crippen molar-refractivity contribution in [1.82, 2.24) is 10.5 Å². The highest BCUT2D eigenvalue weighted by Gasteiger charge is 2.51. The molecule has 1 aliphatic rings. The molecule has 1 amide bonds. The molecule has 3 atom stereocenters. The van der Waals surface area contributed by atoms with Gasteiger partial charge in [0.1, 0.15) is 10.6 Å². The topological polar surface area (TPSA) is 159 Å². The third-order valence-corrected chi connectivity index (χ3v) is 7.02. The molecule has 31 heavy (non-hydrogen) atoms. The Kier molecular flexibility index (Phi) is 6.01. The van der Waals surface area contributed by atoms with Crippen molar-refractivity contribution < 1.29 is 33.3 Å². The van der Waals surface area contributed by atoms with Crippen LogP contribution in [0.5, 0.6) is 0 Å². The van der Waals surface area contributed by atoms with Crippen molar-refractivity contribution in [1.29, 1.82) is 0 Å². The van der Waals surface area contributed by atoms with E-state index in [1.807, 2.05) is 0 Å². The molecule has 3 N–H and O–H groups in total. The molecule has 2 aromatic rings. The molecule has 0 saturated heterocycles. The Balaban J connectivity index is 1.99. The molecule has 10 nitrogen and oxygen atoms in total. The lowest BCUT2D eigenvalue weighted by atomic mass is 10.0. The Bertz CT molecular complexity index is 1140. The van der Waals surface area contributed by atoms with E-state index in [1.165, 1.54) is 20.8 Å². The summed E-state index contributed by atoms with van der Waals surface area (Å²) in [5.41, 5.74) is 0.489. The maximum atomic E-state index is 13.0. The number of benzene rings is 1. The second kappa shape index (κ2) is 8.23. The minimum absolute atomic E-state index is 0.0305. The van der Waals surface area contributed by atoms with Gasteiger partial charge < -0.3 is 20.1 Å². The van der Waals surface area contributed by atoms with Crippen molar-refractivity contribution >= 4 is 45.3 Å². The number of carbonyl (C=O) groups is 3. The van der Waals surface area contributed by atoms with Gasteiger partial charge in [0.15, 0.2) is 17.8 Å². The third kappa shape index (κ3) is 3.98. The van der Waals surface area contributed by atoms with E-state index in [0.717, 1.165) is 0 Å². The van der Waals surface area contributed by atoms with Gasteiger partial charge in [0, 0.05) is 5.56 Å². The number of aryl methyl sites for hydroxylation is 1. The van der Waals surface area contributed by atoms with Crippen LogP contribution in [0.1, 0.15) is 29.9 Å². The molecular weight excluding hydrogens is 450 g/mol. The number of carboxylic acid groups (broad SMARTS) is 2. The molecule has 2 heterocycles. The lowest BCUT2D eigenvalue weighted by Gasteiger charge is -2.21. The molecule has 0 saturated carbocycles. The molecule has 1 aromatic carbocycles. The zero-order chi connectivity index (χ0) is 23.1. The molecule has 3 rings (SSSR count). The maximum absolute atomic E-state index is 13.0. The second-order valence-electron chi connectivity index (χ2n) is 7.28. The number of hydrogen-bond acceptors (Lipinski definition) is 7. The minimum Gasteiger partial charge on any atom is -0.480 e. The maximum Gasteiger partial charge on any atom is 0.333 e. The normalized spacial score (nSPS) is 20.7. The fourth-order valence-corrected chi connectivity index (χ4v) is 4.83. The number of carboxylic acids is 2. The van der Waals surface area contributed by atoms with Gasteiger partial charge in [-0.05, 0) is 32.9 Å². The average Bonchev–Trinajstić information content (AvgIpc) is 3.17. The minimum atomic E-state index is -2.07. The first kappa shape index (κ1) is 22.6. The van der Waals surface area contributed by atoms with Crippen LogP contribution in [0.2, 0.25) is 5.02 Å². The molecule has 1 aromatic heterocycles. The number of hydrogen-bond donors (Lipinski definition) is 3. The molecule has 0 aliphatic carbocycles. The summed E-state index contributed by atoms with van der Waals surface area (Å²) in [6.45, 7) is 4.29. The number of halogens is 1. The monoisotopic (exact) mass is 467 g/mol. The lowest BCUT2D eigenvalue weighted by Crippen LogP contribution is -2.49. The quantitative estimate of drug-likeness (QED) is 0.580. The summed E-state index contributed by atoms with van der Waals surface area (Å²) in [6.07, 6.45) is 0. The van der Waals surface area contributed by atoms with Crippen LogP contribution >= 0.6 is 11.6 Å². The van der Waals surface area contributed by atoms with Crippen LogP contribution in [-0.4, -0.2) is 59.3 Å². The predicted octanol–water partition coefficient (Wildman–Crippen LogP) is 1.88.